The predicted octanol–water partition coefficient (Wildman–Crippen LogP) is 3.14. The highest BCUT2D eigenvalue weighted by molar-refractivity contribution is 9.10. The van der Waals surface area contributed by atoms with Gasteiger partial charge in [-0.25, -0.2) is 0 Å². The number of anilines is 1. The molecule has 1 saturated heterocycles. The van der Waals surface area contributed by atoms with Crippen LogP contribution >= 0.6 is 40.2 Å². The average Bonchev–Trinajstić information content (AvgIpc) is 2.50. The van der Waals surface area contributed by atoms with Crippen LogP contribution in [0.1, 0.15) is 6.42 Å². The van der Waals surface area contributed by atoms with Gasteiger partial charge in [0.25, 0.3) is 0 Å². The van der Waals surface area contributed by atoms with E-state index in [1.165, 1.54) is 0 Å². The van der Waals surface area contributed by atoms with Crippen molar-refractivity contribution in [2.75, 3.05) is 11.4 Å². The highest BCUT2D eigenvalue weighted by Crippen LogP contribution is 2.30. The largest absolute Gasteiger partial charge is 0.311 e. The molecule has 1 aliphatic heterocycles. The smallest absolute Gasteiger partial charge is 0.228 e. The number of benzene rings is 1. The first-order valence-corrected chi connectivity index (χ1v) is 6.20. The first kappa shape index (κ1) is 11.3. The highest BCUT2D eigenvalue weighted by Gasteiger charge is 2.28. The topological polar surface area (TPSA) is 20.3 Å². The first-order chi connectivity index (χ1) is 7.08. The Balaban J connectivity index is 2.30. The summed E-state index contributed by atoms with van der Waals surface area (Å²) in [5.74, 6) is 0.105. The van der Waals surface area contributed by atoms with Crippen LogP contribution < -0.4 is 4.90 Å². The number of carbonyl (C=O) groups is 1. The van der Waals surface area contributed by atoms with Gasteiger partial charge in [0.15, 0.2) is 0 Å². The fraction of sp³-hybridized carbons (Fsp3) is 0.300. The highest BCUT2D eigenvalue weighted by atomic mass is 79.9. The summed E-state index contributed by atoms with van der Waals surface area (Å²) in [4.78, 5) is 13.3. The van der Waals surface area contributed by atoms with E-state index in [2.05, 4.69) is 28.6 Å². The van der Waals surface area contributed by atoms with Crippen molar-refractivity contribution in [1.29, 1.82) is 0 Å². The van der Waals surface area contributed by atoms with E-state index in [1.54, 1.807) is 11.0 Å². The molecule has 5 heteroatoms. The van der Waals surface area contributed by atoms with Crippen LogP contribution in [-0.4, -0.2) is 17.7 Å². The first-order valence-electron chi connectivity index (χ1n) is 4.51. The lowest BCUT2D eigenvalue weighted by Crippen LogP contribution is -2.24. The molecule has 0 N–H and O–H groups in total. The van der Waals surface area contributed by atoms with Crippen LogP contribution in [-0.2, 0) is 4.79 Å². The van der Waals surface area contributed by atoms with Crippen molar-refractivity contribution in [2.45, 2.75) is 11.7 Å². The van der Waals surface area contributed by atoms with Gasteiger partial charge >= 0.3 is 0 Å². The molecular formula is C10H9BrClNOS. The summed E-state index contributed by atoms with van der Waals surface area (Å²) in [7, 11) is 0. The molecule has 0 radical (unpaired) electrons. The van der Waals surface area contributed by atoms with E-state index in [1.807, 2.05) is 12.1 Å². The number of hydrogen-bond acceptors (Lipinski definition) is 2. The number of hydrogen-bond donors (Lipinski definition) is 1. The molecule has 1 amide bonds. The molecule has 15 heavy (non-hydrogen) atoms. The van der Waals surface area contributed by atoms with E-state index in [4.69, 9.17) is 11.6 Å². The Hall–Kier alpha value is -0.190. The van der Waals surface area contributed by atoms with E-state index in [-0.39, 0.29) is 11.2 Å². The van der Waals surface area contributed by atoms with Gasteiger partial charge in [-0.05, 0) is 34.1 Å². The number of amides is 1. The minimum atomic E-state index is 0.105. The summed E-state index contributed by atoms with van der Waals surface area (Å²) in [5.41, 5.74) is 0.838. The summed E-state index contributed by atoms with van der Waals surface area (Å²) >= 11 is 13.6. The Morgan fingerprint density at radius 2 is 2.27 bits per heavy atom. The van der Waals surface area contributed by atoms with Crippen LogP contribution in [0, 0.1) is 0 Å². The second-order valence-corrected chi connectivity index (χ2v) is 5.45. The van der Waals surface area contributed by atoms with Crippen molar-refractivity contribution < 1.29 is 4.79 Å². The van der Waals surface area contributed by atoms with Crippen molar-refractivity contribution in [3.05, 3.63) is 27.7 Å². The summed E-state index contributed by atoms with van der Waals surface area (Å²) in [6.45, 7) is 0.653. The SMILES string of the molecule is O=C1CC(S)CN1c1ccc(Br)c(Cl)c1. The molecule has 1 fully saturated rings. The quantitative estimate of drug-likeness (QED) is 0.790. The number of nitrogens with zero attached hydrogens (tertiary/aromatic N) is 1. The van der Waals surface area contributed by atoms with Crippen LogP contribution in [0.5, 0.6) is 0 Å². The van der Waals surface area contributed by atoms with Crippen LogP contribution in [0.2, 0.25) is 5.02 Å². The van der Waals surface area contributed by atoms with Gasteiger partial charge in [0.05, 0.1) is 5.02 Å². The number of rotatable bonds is 1. The van der Waals surface area contributed by atoms with Gasteiger partial charge in [-0.3, -0.25) is 4.79 Å². The molecule has 0 saturated carbocycles. The lowest BCUT2D eigenvalue weighted by atomic mass is 10.3. The zero-order chi connectivity index (χ0) is 11.0. The molecule has 2 rings (SSSR count). The van der Waals surface area contributed by atoms with Crippen LogP contribution in [0.3, 0.4) is 0 Å². The van der Waals surface area contributed by atoms with Gasteiger partial charge in [-0.2, -0.15) is 12.6 Å². The summed E-state index contributed by atoms with van der Waals surface area (Å²) < 4.78 is 0.835. The Morgan fingerprint density at radius 1 is 1.53 bits per heavy atom. The molecule has 0 aliphatic carbocycles. The molecule has 0 bridgehead atoms. The fourth-order valence-electron chi connectivity index (χ4n) is 1.59. The summed E-state index contributed by atoms with van der Waals surface area (Å²) in [6.07, 6.45) is 0.497. The van der Waals surface area contributed by atoms with E-state index in [0.29, 0.717) is 18.0 Å². The molecule has 2 nitrogen and oxygen atoms in total. The summed E-state index contributed by atoms with van der Waals surface area (Å²) in [5, 5.41) is 0.739. The van der Waals surface area contributed by atoms with Gasteiger partial charge in [0.1, 0.15) is 0 Å². The minimum absolute atomic E-state index is 0.105. The van der Waals surface area contributed by atoms with Crippen LogP contribution in [0.25, 0.3) is 0 Å². The lowest BCUT2D eigenvalue weighted by Gasteiger charge is -2.16. The molecule has 0 spiro atoms. The molecule has 1 aliphatic rings. The molecule has 1 aromatic rings. The second kappa shape index (κ2) is 4.36. The molecular weight excluding hydrogens is 298 g/mol. The third kappa shape index (κ3) is 2.32. The number of halogens is 2. The van der Waals surface area contributed by atoms with Gasteiger partial charge < -0.3 is 4.90 Å². The van der Waals surface area contributed by atoms with E-state index in [9.17, 15) is 4.79 Å². The van der Waals surface area contributed by atoms with Gasteiger partial charge in [-0.1, -0.05) is 11.6 Å². The second-order valence-electron chi connectivity index (χ2n) is 3.46. The standard InChI is InChI=1S/C10H9BrClNOS/c11-8-2-1-6(3-9(8)12)13-5-7(15)4-10(13)14/h1-3,7,15H,4-5H2. The normalized spacial score (nSPS) is 21.1. The monoisotopic (exact) mass is 305 g/mol. The van der Waals surface area contributed by atoms with Gasteiger partial charge in [-0.15, -0.1) is 0 Å². The Bertz CT molecular complexity index is 412. The maximum absolute atomic E-state index is 11.6. The third-order valence-corrected chi connectivity index (χ3v) is 3.90. The zero-order valence-corrected chi connectivity index (χ0v) is 11.0. The molecule has 1 heterocycles. The van der Waals surface area contributed by atoms with Crippen molar-refractivity contribution in [3.8, 4) is 0 Å². The van der Waals surface area contributed by atoms with Crippen LogP contribution in [0.4, 0.5) is 5.69 Å². The van der Waals surface area contributed by atoms with Crippen molar-refractivity contribution >= 4 is 51.8 Å². The predicted molar refractivity (Wildman–Crippen MR) is 68.9 cm³/mol. The molecule has 0 aromatic heterocycles. The zero-order valence-electron chi connectivity index (χ0n) is 7.78. The van der Waals surface area contributed by atoms with E-state index in [0.717, 1.165) is 10.2 Å². The number of carbonyl (C=O) groups excluding carboxylic acids is 1. The Labute approximate surface area is 107 Å². The Kier molecular flexibility index (Phi) is 3.28. The average molecular weight is 307 g/mol. The molecule has 1 unspecified atom stereocenters. The van der Waals surface area contributed by atoms with Crippen LogP contribution in [0.15, 0.2) is 22.7 Å². The van der Waals surface area contributed by atoms with Crippen molar-refractivity contribution in [2.24, 2.45) is 0 Å². The van der Waals surface area contributed by atoms with E-state index >= 15 is 0 Å². The minimum Gasteiger partial charge on any atom is -0.311 e. The molecule has 80 valence electrons. The molecule has 1 aromatic carbocycles. The van der Waals surface area contributed by atoms with E-state index < -0.39 is 0 Å². The fourth-order valence-corrected chi connectivity index (χ4v) is 2.33. The van der Waals surface area contributed by atoms with Gasteiger partial charge in [0, 0.05) is 28.4 Å². The Morgan fingerprint density at radius 3 is 2.80 bits per heavy atom. The maximum atomic E-state index is 11.6. The molecule has 1 atom stereocenters. The third-order valence-electron chi connectivity index (χ3n) is 2.32. The lowest BCUT2D eigenvalue weighted by molar-refractivity contribution is -0.117. The number of thiol groups is 1. The summed E-state index contributed by atoms with van der Waals surface area (Å²) in [6, 6.07) is 5.51. The van der Waals surface area contributed by atoms with Crippen molar-refractivity contribution in [3.63, 3.8) is 0 Å². The van der Waals surface area contributed by atoms with Gasteiger partial charge in [0.2, 0.25) is 5.91 Å². The van der Waals surface area contributed by atoms with Crippen molar-refractivity contribution in [1.82, 2.24) is 0 Å². The maximum Gasteiger partial charge on any atom is 0.228 e.